The van der Waals surface area contributed by atoms with Gasteiger partial charge >= 0.3 is 5.97 Å². The van der Waals surface area contributed by atoms with Gasteiger partial charge in [-0.2, -0.15) is 5.26 Å². The number of carboxylic acid groups (broad SMARTS) is 1. The monoisotopic (exact) mass is 514 g/mol. The predicted octanol–water partition coefficient (Wildman–Crippen LogP) is 4.36. The Bertz CT molecular complexity index is 1470. The third-order valence-electron chi connectivity index (χ3n) is 6.39. The van der Waals surface area contributed by atoms with Crippen LogP contribution in [0.25, 0.3) is 22.6 Å². The van der Waals surface area contributed by atoms with Crippen LogP contribution in [0.3, 0.4) is 0 Å². The van der Waals surface area contributed by atoms with Crippen LogP contribution in [-0.2, 0) is 16.0 Å². The van der Waals surface area contributed by atoms with E-state index in [9.17, 15) is 15.0 Å². The Morgan fingerprint density at radius 2 is 1.84 bits per heavy atom. The summed E-state index contributed by atoms with van der Waals surface area (Å²) in [5.74, 6) is 0.530. The maximum atomic E-state index is 11.8. The summed E-state index contributed by atoms with van der Waals surface area (Å²) in [7, 11) is 0. The number of carbonyl (C=O) groups is 1. The number of carboxylic acids is 1. The minimum atomic E-state index is -1.19. The third-order valence-corrected chi connectivity index (χ3v) is 6.39. The molecule has 2 unspecified atom stereocenters. The lowest BCUT2D eigenvalue weighted by Gasteiger charge is -2.23. The highest BCUT2D eigenvalue weighted by molar-refractivity contribution is 5.78. The normalized spacial score (nSPS) is 17.7. The molecule has 0 radical (unpaired) electrons. The summed E-state index contributed by atoms with van der Waals surface area (Å²) < 4.78 is 22.8. The summed E-state index contributed by atoms with van der Waals surface area (Å²) in [4.78, 5) is 16.3. The molecule has 0 saturated carbocycles. The third kappa shape index (κ3) is 5.62. The topological polar surface area (TPSA) is 135 Å². The van der Waals surface area contributed by atoms with Crippen molar-refractivity contribution in [3.63, 3.8) is 0 Å². The van der Waals surface area contributed by atoms with Crippen molar-refractivity contribution in [3.05, 3.63) is 77.9 Å². The summed E-state index contributed by atoms with van der Waals surface area (Å²) in [6, 6.07) is 21.4. The number of aliphatic carboxylic acids is 1. The van der Waals surface area contributed by atoms with E-state index in [0.717, 1.165) is 17.5 Å². The number of fused-ring (bicyclic) bond motifs is 1. The minimum absolute atomic E-state index is 0.000921. The van der Waals surface area contributed by atoms with Crippen molar-refractivity contribution in [2.45, 2.75) is 31.0 Å². The molecular formula is C29H26N2O7. The highest BCUT2D eigenvalue weighted by Crippen LogP contribution is 2.31. The quantitative estimate of drug-likeness (QED) is 0.316. The molecule has 3 aromatic carbocycles. The van der Waals surface area contributed by atoms with Gasteiger partial charge in [0, 0.05) is 24.7 Å². The Balaban J connectivity index is 1.15. The Morgan fingerprint density at radius 3 is 2.53 bits per heavy atom. The SMILES string of the molecule is N#Cc1ccc(-c2nc3cc(OCC(O)COc4cccc(CC5(C(=O)O)CCCO5)c4)ccc3o2)cc1. The van der Waals surface area contributed by atoms with Crippen LogP contribution in [0.15, 0.2) is 71.1 Å². The molecule has 9 heteroatoms. The van der Waals surface area contributed by atoms with E-state index in [1.165, 1.54) is 0 Å². The number of nitriles is 1. The largest absolute Gasteiger partial charge is 0.491 e. The molecule has 2 atom stereocenters. The first-order chi connectivity index (χ1) is 18.4. The van der Waals surface area contributed by atoms with Gasteiger partial charge < -0.3 is 28.8 Å². The summed E-state index contributed by atoms with van der Waals surface area (Å²) in [6.45, 7) is 0.442. The molecule has 1 fully saturated rings. The Morgan fingerprint density at radius 1 is 1.08 bits per heavy atom. The zero-order valence-electron chi connectivity index (χ0n) is 20.5. The number of ether oxygens (including phenoxy) is 3. The minimum Gasteiger partial charge on any atom is -0.491 e. The first-order valence-corrected chi connectivity index (χ1v) is 12.3. The fourth-order valence-corrected chi connectivity index (χ4v) is 4.40. The number of aromatic nitrogens is 1. The zero-order valence-corrected chi connectivity index (χ0v) is 20.5. The molecule has 9 nitrogen and oxygen atoms in total. The van der Waals surface area contributed by atoms with Crippen LogP contribution in [0.5, 0.6) is 11.5 Å². The number of hydrogen-bond acceptors (Lipinski definition) is 8. The molecule has 5 rings (SSSR count). The number of hydrogen-bond donors (Lipinski definition) is 2. The summed E-state index contributed by atoms with van der Waals surface area (Å²) in [5.41, 5.74) is 2.11. The van der Waals surface area contributed by atoms with E-state index >= 15 is 0 Å². The molecule has 1 saturated heterocycles. The average molecular weight is 515 g/mol. The molecule has 2 heterocycles. The number of aliphatic hydroxyl groups excluding tert-OH is 1. The Hall–Kier alpha value is -4.39. The van der Waals surface area contributed by atoms with Crippen LogP contribution < -0.4 is 9.47 Å². The van der Waals surface area contributed by atoms with Gasteiger partial charge in [0.1, 0.15) is 36.3 Å². The second-order valence-electron chi connectivity index (χ2n) is 9.19. The summed E-state index contributed by atoms with van der Waals surface area (Å²) in [5, 5.41) is 29.0. The molecule has 0 aliphatic carbocycles. The molecule has 0 bridgehead atoms. The lowest BCUT2D eigenvalue weighted by Crippen LogP contribution is -2.40. The van der Waals surface area contributed by atoms with Crippen molar-refractivity contribution in [3.8, 4) is 29.0 Å². The first kappa shape index (κ1) is 25.3. The number of benzene rings is 3. The first-order valence-electron chi connectivity index (χ1n) is 12.3. The Labute approximate surface area is 218 Å². The number of aliphatic hydroxyl groups is 1. The van der Waals surface area contributed by atoms with Gasteiger partial charge in [-0.15, -0.1) is 0 Å². The molecule has 0 amide bonds. The highest BCUT2D eigenvalue weighted by atomic mass is 16.5. The van der Waals surface area contributed by atoms with Crippen molar-refractivity contribution < 1.29 is 33.6 Å². The second-order valence-corrected chi connectivity index (χ2v) is 9.19. The predicted molar refractivity (Wildman–Crippen MR) is 137 cm³/mol. The van der Waals surface area contributed by atoms with Gasteiger partial charge in [0.05, 0.1) is 11.6 Å². The molecule has 4 aromatic rings. The highest BCUT2D eigenvalue weighted by Gasteiger charge is 2.42. The van der Waals surface area contributed by atoms with Crippen LogP contribution in [-0.4, -0.2) is 52.7 Å². The van der Waals surface area contributed by atoms with E-state index in [1.54, 1.807) is 60.7 Å². The summed E-state index contributed by atoms with van der Waals surface area (Å²) >= 11 is 0. The maximum Gasteiger partial charge on any atom is 0.336 e. The lowest BCUT2D eigenvalue weighted by atomic mass is 9.91. The second kappa shape index (κ2) is 10.9. The standard InChI is InChI=1S/C29H26N2O7/c30-16-19-5-7-21(8-6-19)27-31-25-14-24(9-10-26(25)38-27)36-18-22(32)17-35-23-4-1-3-20(13-23)15-29(28(33)34)11-2-12-37-29/h1,3-10,13-14,22,32H,2,11-12,15,17-18H2,(H,33,34). The fourth-order valence-electron chi connectivity index (χ4n) is 4.40. The van der Waals surface area contributed by atoms with Crippen molar-refractivity contribution >= 4 is 17.1 Å². The molecular weight excluding hydrogens is 488 g/mol. The van der Waals surface area contributed by atoms with Crippen molar-refractivity contribution in [1.82, 2.24) is 4.98 Å². The van der Waals surface area contributed by atoms with E-state index in [1.807, 2.05) is 6.07 Å². The van der Waals surface area contributed by atoms with Gasteiger partial charge in [-0.05, 0) is 66.9 Å². The van der Waals surface area contributed by atoms with Crippen LogP contribution in [0.4, 0.5) is 0 Å². The average Bonchev–Trinajstić information content (AvgIpc) is 3.59. The molecule has 1 aliphatic rings. The van der Waals surface area contributed by atoms with Gasteiger partial charge in [0.15, 0.2) is 11.2 Å². The molecule has 1 aromatic heterocycles. The maximum absolute atomic E-state index is 11.8. The number of rotatable bonds is 10. The van der Waals surface area contributed by atoms with Crippen LogP contribution in [0.1, 0.15) is 24.0 Å². The van der Waals surface area contributed by atoms with Gasteiger partial charge in [0.25, 0.3) is 0 Å². The van der Waals surface area contributed by atoms with Gasteiger partial charge in [-0.1, -0.05) is 12.1 Å². The Kier molecular flexibility index (Phi) is 7.26. The molecule has 1 aliphatic heterocycles. The van der Waals surface area contributed by atoms with Crippen LogP contribution in [0, 0.1) is 11.3 Å². The lowest BCUT2D eigenvalue weighted by molar-refractivity contribution is -0.159. The van der Waals surface area contributed by atoms with E-state index in [2.05, 4.69) is 11.1 Å². The molecule has 2 N–H and O–H groups in total. The molecule has 194 valence electrons. The van der Waals surface area contributed by atoms with Crippen molar-refractivity contribution in [1.29, 1.82) is 5.26 Å². The summed E-state index contributed by atoms with van der Waals surface area (Å²) in [6.07, 6.45) is 0.545. The number of oxazole rings is 1. The van der Waals surface area contributed by atoms with Crippen molar-refractivity contribution in [2.75, 3.05) is 19.8 Å². The van der Waals surface area contributed by atoms with Crippen molar-refractivity contribution in [2.24, 2.45) is 0 Å². The van der Waals surface area contributed by atoms with Gasteiger partial charge in [0.2, 0.25) is 5.89 Å². The van der Waals surface area contributed by atoms with Gasteiger partial charge in [-0.25, -0.2) is 9.78 Å². The van der Waals surface area contributed by atoms with Gasteiger partial charge in [-0.3, -0.25) is 0 Å². The van der Waals surface area contributed by atoms with Crippen LogP contribution in [0.2, 0.25) is 0 Å². The van der Waals surface area contributed by atoms with Crippen LogP contribution >= 0.6 is 0 Å². The van der Waals surface area contributed by atoms with E-state index in [-0.39, 0.29) is 19.6 Å². The number of nitrogens with zero attached hydrogens (tertiary/aromatic N) is 2. The van der Waals surface area contributed by atoms with E-state index < -0.39 is 17.7 Å². The smallest absolute Gasteiger partial charge is 0.336 e. The molecule has 38 heavy (non-hydrogen) atoms. The van der Waals surface area contributed by atoms with E-state index in [0.29, 0.717) is 47.1 Å². The fraction of sp³-hybridized carbons (Fsp3) is 0.276. The zero-order chi connectivity index (χ0) is 26.5. The van der Waals surface area contributed by atoms with E-state index in [4.69, 9.17) is 23.9 Å². The molecule has 0 spiro atoms.